The smallest absolute Gasteiger partial charge is 0.146 e. The molecule has 2 nitrogen and oxygen atoms in total. The summed E-state index contributed by atoms with van der Waals surface area (Å²) in [6, 6.07) is 0.176. The van der Waals surface area contributed by atoms with Gasteiger partial charge >= 0.3 is 0 Å². The van der Waals surface area contributed by atoms with Crippen molar-refractivity contribution in [2.75, 3.05) is 6.54 Å². The summed E-state index contributed by atoms with van der Waals surface area (Å²) < 4.78 is 0. The SMILES string of the molecule is CC(=O)C1CCCN1.Cl. The van der Waals surface area contributed by atoms with E-state index in [2.05, 4.69) is 5.32 Å². The van der Waals surface area contributed by atoms with Crippen LogP contribution >= 0.6 is 12.4 Å². The zero-order chi connectivity index (χ0) is 5.98. The van der Waals surface area contributed by atoms with Gasteiger partial charge in [-0.05, 0) is 26.3 Å². The third-order valence-corrected chi connectivity index (χ3v) is 1.55. The number of hydrogen-bond acceptors (Lipinski definition) is 2. The van der Waals surface area contributed by atoms with Crippen LogP contribution in [0.3, 0.4) is 0 Å². The maximum Gasteiger partial charge on any atom is 0.146 e. The van der Waals surface area contributed by atoms with E-state index in [-0.39, 0.29) is 24.2 Å². The molecule has 0 aromatic rings. The quantitative estimate of drug-likeness (QED) is 0.596. The van der Waals surface area contributed by atoms with Crippen molar-refractivity contribution in [3.05, 3.63) is 0 Å². The van der Waals surface area contributed by atoms with Gasteiger partial charge in [-0.15, -0.1) is 12.4 Å². The van der Waals surface area contributed by atoms with Gasteiger partial charge in [0.2, 0.25) is 0 Å². The summed E-state index contributed by atoms with van der Waals surface area (Å²) in [6.45, 7) is 2.66. The molecule has 0 bridgehead atoms. The number of carbonyl (C=O) groups excluding carboxylic acids is 1. The van der Waals surface area contributed by atoms with Crippen LogP contribution in [0.25, 0.3) is 0 Å². The van der Waals surface area contributed by atoms with Gasteiger partial charge in [0.05, 0.1) is 6.04 Å². The molecule has 0 amide bonds. The summed E-state index contributed by atoms with van der Waals surface area (Å²) in [5.74, 6) is 0.280. The van der Waals surface area contributed by atoms with E-state index in [1.165, 1.54) is 0 Å². The Kier molecular flexibility index (Phi) is 3.82. The first-order valence-corrected chi connectivity index (χ1v) is 3.04. The van der Waals surface area contributed by atoms with Crippen LogP contribution in [0.15, 0.2) is 0 Å². The van der Waals surface area contributed by atoms with Gasteiger partial charge in [0.15, 0.2) is 0 Å². The lowest BCUT2D eigenvalue weighted by molar-refractivity contribution is -0.118. The second kappa shape index (κ2) is 3.85. The molecule has 0 aliphatic carbocycles. The Balaban J connectivity index is 0.000000640. The minimum Gasteiger partial charge on any atom is -0.307 e. The van der Waals surface area contributed by atoms with Gasteiger partial charge in [-0.3, -0.25) is 4.79 Å². The van der Waals surface area contributed by atoms with Gasteiger partial charge in [0, 0.05) is 0 Å². The van der Waals surface area contributed by atoms with Gasteiger partial charge in [-0.2, -0.15) is 0 Å². The summed E-state index contributed by atoms with van der Waals surface area (Å²) in [7, 11) is 0. The Bertz CT molecular complexity index is 99.2. The molecule has 54 valence electrons. The normalized spacial score (nSPS) is 25.2. The minimum absolute atomic E-state index is 0. The van der Waals surface area contributed by atoms with Gasteiger partial charge < -0.3 is 5.32 Å². The highest BCUT2D eigenvalue weighted by molar-refractivity contribution is 5.85. The van der Waals surface area contributed by atoms with Crippen LogP contribution in [0.5, 0.6) is 0 Å². The van der Waals surface area contributed by atoms with Crippen molar-refractivity contribution in [2.24, 2.45) is 0 Å². The third kappa shape index (κ3) is 2.33. The molecule has 1 unspecified atom stereocenters. The molecule has 0 aromatic heterocycles. The number of rotatable bonds is 1. The molecule has 9 heavy (non-hydrogen) atoms. The fourth-order valence-corrected chi connectivity index (χ4v) is 1.03. The summed E-state index contributed by atoms with van der Waals surface area (Å²) in [5.41, 5.74) is 0. The molecule has 1 saturated heterocycles. The maximum absolute atomic E-state index is 10.6. The second-order valence-corrected chi connectivity index (χ2v) is 2.26. The highest BCUT2D eigenvalue weighted by atomic mass is 35.5. The van der Waals surface area contributed by atoms with E-state index >= 15 is 0 Å². The van der Waals surface area contributed by atoms with E-state index < -0.39 is 0 Å². The van der Waals surface area contributed by atoms with Gasteiger partial charge in [-0.25, -0.2) is 0 Å². The minimum atomic E-state index is 0. The van der Waals surface area contributed by atoms with E-state index in [0.29, 0.717) is 0 Å². The van der Waals surface area contributed by atoms with Crippen LogP contribution in [-0.2, 0) is 4.79 Å². The van der Waals surface area contributed by atoms with Crippen LogP contribution in [0.4, 0.5) is 0 Å². The fourth-order valence-electron chi connectivity index (χ4n) is 1.03. The summed E-state index contributed by atoms with van der Waals surface area (Å²) >= 11 is 0. The molecule has 1 aliphatic rings. The number of Topliss-reactive ketones (excluding diaryl/α,β-unsaturated/α-hetero) is 1. The molecular weight excluding hydrogens is 138 g/mol. The average Bonchev–Trinajstić information content (AvgIpc) is 2.12. The summed E-state index contributed by atoms with van der Waals surface area (Å²) in [6.07, 6.45) is 2.19. The largest absolute Gasteiger partial charge is 0.307 e. The van der Waals surface area contributed by atoms with Crippen molar-refractivity contribution < 1.29 is 4.79 Å². The predicted octanol–water partition coefficient (Wildman–Crippen LogP) is 0.749. The number of ketones is 1. The fraction of sp³-hybridized carbons (Fsp3) is 0.833. The lowest BCUT2D eigenvalue weighted by Crippen LogP contribution is -2.28. The van der Waals surface area contributed by atoms with Crippen LogP contribution in [-0.4, -0.2) is 18.4 Å². The molecule has 1 heterocycles. The van der Waals surface area contributed by atoms with Crippen molar-refractivity contribution in [1.82, 2.24) is 5.32 Å². The summed E-state index contributed by atoms with van der Waals surface area (Å²) in [5, 5.41) is 3.11. The topological polar surface area (TPSA) is 29.1 Å². The van der Waals surface area contributed by atoms with Crippen LogP contribution in [0.1, 0.15) is 19.8 Å². The Morgan fingerprint density at radius 2 is 2.33 bits per heavy atom. The Morgan fingerprint density at radius 1 is 1.67 bits per heavy atom. The first kappa shape index (κ1) is 8.92. The first-order valence-electron chi connectivity index (χ1n) is 3.04. The molecule has 0 saturated carbocycles. The number of hydrogen-bond donors (Lipinski definition) is 1. The second-order valence-electron chi connectivity index (χ2n) is 2.26. The predicted molar refractivity (Wildman–Crippen MR) is 39.0 cm³/mol. The number of halogens is 1. The number of carbonyl (C=O) groups is 1. The Morgan fingerprint density at radius 3 is 2.56 bits per heavy atom. The molecule has 3 heteroatoms. The highest BCUT2D eigenvalue weighted by Gasteiger charge is 2.17. The van der Waals surface area contributed by atoms with Crippen LogP contribution in [0.2, 0.25) is 0 Å². The molecule has 0 radical (unpaired) electrons. The van der Waals surface area contributed by atoms with Gasteiger partial charge in [0.1, 0.15) is 5.78 Å². The van der Waals surface area contributed by atoms with Crippen LogP contribution < -0.4 is 5.32 Å². The zero-order valence-electron chi connectivity index (χ0n) is 5.52. The standard InChI is InChI=1S/C6H11NO.ClH/c1-5(8)6-3-2-4-7-6;/h6-7H,2-4H2,1H3;1H. The number of nitrogens with one attached hydrogen (secondary N) is 1. The van der Waals surface area contributed by atoms with E-state index in [4.69, 9.17) is 0 Å². The van der Waals surface area contributed by atoms with Crippen molar-refractivity contribution >= 4 is 18.2 Å². The third-order valence-electron chi connectivity index (χ3n) is 1.55. The summed E-state index contributed by atoms with van der Waals surface area (Å²) in [4.78, 5) is 10.6. The molecule has 0 spiro atoms. The molecular formula is C6H12ClNO. The van der Waals surface area contributed by atoms with Crippen molar-refractivity contribution in [3.8, 4) is 0 Å². The maximum atomic E-state index is 10.6. The lowest BCUT2D eigenvalue weighted by atomic mass is 10.2. The molecule has 0 aromatic carbocycles. The van der Waals surface area contributed by atoms with Crippen molar-refractivity contribution in [3.63, 3.8) is 0 Å². The lowest BCUT2D eigenvalue weighted by Gasteiger charge is -2.01. The average molecular weight is 150 g/mol. The Hall–Kier alpha value is -0.0800. The zero-order valence-corrected chi connectivity index (χ0v) is 6.33. The molecule has 1 aliphatic heterocycles. The van der Waals surface area contributed by atoms with Gasteiger partial charge in [-0.1, -0.05) is 0 Å². The molecule has 1 fully saturated rings. The van der Waals surface area contributed by atoms with Crippen molar-refractivity contribution in [2.45, 2.75) is 25.8 Å². The van der Waals surface area contributed by atoms with E-state index in [1.807, 2.05) is 0 Å². The molecule has 1 rings (SSSR count). The first-order chi connectivity index (χ1) is 3.80. The van der Waals surface area contributed by atoms with E-state index in [0.717, 1.165) is 19.4 Å². The Labute approximate surface area is 61.4 Å². The van der Waals surface area contributed by atoms with E-state index in [9.17, 15) is 4.79 Å². The molecule has 1 atom stereocenters. The van der Waals surface area contributed by atoms with Crippen molar-refractivity contribution in [1.29, 1.82) is 0 Å². The van der Waals surface area contributed by atoms with Crippen LogP contribution in [0, 0.1) is 0 Å². The van der Waals surface area contributed by atoms with Gasteiger partial charge in [0.25, 0.3) is 0 Å². The molecule has 1 N–H and O–H groups in total. The highest BCUT2D eigenvalue weighted by Crippen LogP contribution is 2.04. The van der Waals surface area contributed by atoms with E-state index in [1.54, 1.807) is 6.92 Å². The monoisotopic (exact) mass is 149 g/mol.